The SMILES string of the molecule is NCCSC1=C(C(=O)O)N2C(=O)[C@@H](NC(=O)[C@@H](N)c3ccccc3)[C@@H]2SC1. The summed E-state index contributed by atoms with van der Waals surface area (Å²) in [7, 11) is 0. The lowest BCUT2D eigenvalue weighted by Gasteiger charge is -2.49. The minimum atomic E-state index is -1.15. The van der Waals surface area contributed by atoms with Gasteiger partial charge >= 0.3 is 5.97 Å². The summed E-state index contributed by atoms with van der Waals surface area (Å²) in [6.45, 7) is 0.416. The van der Waals surface area contributed by atoms with Crippen molar-refractivity contribution in [2.24, 2.45) is 11.5 Å². The molecule has 144 valence electrons. The molecule has 0 bridgehead atoms. The Morgan fingerprint density at radius 2 is 2.07 bits per heavy atom. The van der Waals surface area contributed by atoms with Crippen LogP contribution in [0.15, 0.2) is 40.9 Å². The Morgan fingerprint density at radius 3 is 2.70 bits per heavy atom. The summed E-state index contributed by atoms with van der Waals surface area (Å²) >= 11 is 2.77. The zero-order chi connectivity index (χ0) is 19.6. The van der Waals surface area contributed by atoms with E-state index in [-0.39, 0.29) is 5.70 Å². The molecule has 8 nitrogen and oxygen atoms in total. The van der Waals surface area contributed by atoms with Gasteiger partial charge in [0.2, 0.25) is 5.91 Å². The van der Waals surface area contributed by atoms with E-state index < -0.39 is 35.2 Å². The summed E-state index contributed by atoms with van der Waals surface area (Å²) in [6, 6.07) is 7.17. The third kappa shape index (κ3) is 3.84. The quantitative estimate of drug-likeness (QED) is 0.465. The highest BCUT2D eigenvalue weighted by Crippen LogP contribution is 2.43. The molecular weight excluding hydrogens is 388 g/mol. The standard InChI is InChI=1S/C17H20N4O4S2/c18-6-7-26-10-8-27-16-12(15(23)21(16)13(10)17(24)25)20-14(22)11(19)9-4-2-1-3-5-9/h1-5,11-12,16H,6-8,18-19H2,(H,20,22)(H,24,25)/t11-,12+,16-/m0/s1. The molecule has 1 fully saturated rings. The van der Waals surface area contributed by atoms with Crippen molar-refractivity contribution in [1.29, 1.82) is 0 Å². The summed E-state index contributed by atoms with van der Waals surface area (Å²) < 4.78 is 0. The predicted octanol–water partition coefficient (Wildman–Crippen LogP) is 0.0744. The predicted molar refractivity (Wildman–Crippen MR) is 105 cm³/mol. The van der Waals surface area contributed by atoms with Crippen molar-refractivity contribution < 1.29 is 19.5 Å². The molecule has 0 saturated carbocycles. The maximum Gasteiger partial charge on any atom is 0.353 e. The van der Waals surface area contributed by atoms with Crippen LogP contribution in [0.4, 0.5) is 0 Å². The van der Waals surface area contributed by atoms with Crippen molar-refractivity contribution in [3.63, 3.8) is 0 Å². The van der Waals surface area contributed by atoms with Crippen LogP contribution in [0.25, 0.3) is 0 Å². The number of amides is 2. The number of aliphatic carboxylic acids is 1. The average Bonchev–Trinajstić information content (AvgIpc) is 2.69. The van der Waals surface area contributed by atoms with Gasteiger partial charge in [-0.1, -0.05) is 30.3 Å². The Labute approximate surface area is 164 Å². The second kappa shape index (κ2) is 8.34. The highest BCUT2D eigenvalue weighted by Gasteiger charge is 2.54. The minimum Gasteiger partial charge on any atom is -0.477 e. The van der Waals surface area contributed by atoms with E-state index in [4.69, 9.17) is 11.5 Å². The molecule has 0 spiro atoms. The second-order valence-corrected chi connectivity index (χ2v) is 8.29. The van der Waals surface area contributed by atoms with Crippen LogP contribution in [0.5, 0.6) is 0 Å². The van der Waals surface area contributed by atoms with Crippen LogP contribution in [0.3, 0.4) is 0 Å². The van der Waals surface area contributed by atoms with Crippen molar-refractivity contribution in [2.75, 3.05) is 18.1 Å². The molecule has 1 aromatic rings. The number of benzene rings is 1. The van der Waals surface area contributed by atoms with Gasteiger partial charge in [-0.3, -0.25) is 14.5 Å². The number of rotatable bonds is 7. The van der Waals surface area contributed by atoms with Gasteiger partial charge in [-0.25, -0.2) is 4.79 Å². The van der Waals surface area contributed by atoms with Crippen LogP contribution in [0.2, 0.25) is 0 Å². The number of carbonyl (C=O) groups is 3. The number of thioether (sulfide) groups is 2. The summed E-state index contributed by atoms with van der Waals surface area (Å²) in [6.07, 6.45) is 0. The number of β-lactam (4-membered cyclic amide) rings is 1. The number of fused-ring (bicyclic) bond motifs is 1. The first kappa shape index (κ1) is 19.7. The normalized spacial score (nSPS) is 22.7. The van der Waals surface area contributed by atoms with Crippen molar-refractivity contribution in [2.45, 2.75) is 17.5 Å². The molecule has 0 radical (unpaired) electrons. The van der Waals surface area contributed by atoms with Gasteiger partial charge < -0.3 is 21.9 Å². The van der Waals surface area contributed by atoms with Crippen LogP contribution in [-0.2, 0) is 14.4 Å². The topological polar surface area (TPSA) is 139 Å². The van der Waals surface area contributed by atoms with Crippen molar-refractivity contribution in [3.05, 3.63) is 46.5 Å². The van der Waals surface area contributed by atoms with Gasteiger partial charge in [0.1, 0.15) is 23.2 Å². The fourth-order valence-corrected chi connectivity index (χ4v) is 5.36. The maximum atomic E-state index is 12.6. The molecule has 27 heavy (non-hydrogen) atoms. The third-order valence-corrected chi connectivity index (χ3v) is 6.86. The summed E-state index contributed by atoms with van der Waals surface area (Å²) in [4.78, 5) is 38.5. The number of nitrogens with one attached hydrogen (secondary N) is 1. The summed E-state index contributed by atoms with van der Waals surface area (Å²) in [5.41, 5.74) is 12.1. The van der Waals surface area contributed by atoms with E-state index in [1.165, 1.54) is 28.4 Å². The maximum absolute atomic E-state index is 12.6. The molecule has 1 saturated heterocycles. The van der Waals surface area contributed by atoms with Crippen LogP contribution in [0, 0.1) is 0 Å². The van der Waals surface area contributed by atoms with Gasteiger partial charge in [0.15, 0.2) is 0 Å². The first-order valence-corrected chi connectivity index (χ1v) is 10.3. The number of nitrogens with two attached hydrogens (primary N) is 2. The van der Waals surface area contributed by atoms with Crippen LogP contribution in [0.1, 0.15) is 11.6 Å². The van der Waals surface area contributed by atoms with E-state index in [1.54, 1.807) is 24.3 Å². The van der Waals surface area contributed by atoms with E-state index in [0.717, 1.165) is 0 Å². The van der Waals surface area contributed by atoms with Crippen molar-refractivity contribution in [3.8, 4) is 0 Å². The van der Waals surface area contributed by atoms with E-state index >= 15 is 0 Å². The van der Waals surface area contributed by atoms with Gasteiger partial charge in [-0.05, 0) is 5.56 Å². The highest BCUT2D eigenvalue weighted by molar-refractivity contribution is 8.06. The second-order valence-electron chi connectivity index (χ2n) is 6.00. The lowest BCUT2D eigenvalue weighted by molar-refractivity contribution is -0.150. The van der Waals surface area contributed by atoms with E-state index in [0.29, 0.717) is 28.5 Å². The lowest BCUT2D eigenvalue weighted by atomic mass is 10.0. The van der Waals surface area contributed by atoms with Gasteiger partial charge in [-0.2, -0.15) is 0 Å². The Bertz CT molecular complexity index is 786. The molecule has 3 atom stereocenters. The van der Waals surface area contributed by atoms with Crippen LogP contribution in [-0.4, -0.2) is 57.3 Å². The molecule has 2 aliphatic rings. The molecule has 0 aliphatic carbocycles. The van der Waals surface area contributed by atoms with Gasteiger partial charge in [0.25, 0.3) is 5.91 Å². The Hall–Kier alpha value is -2.01. The number of nitrogens with zero attached hydrogens (tertiary/aromatic N) is 1. The first-order chi connectivity index (χ1) is 13.0. The molecule has 10 heteroatoms. The molecule has 3 rings (SSSR count). The molecule has 1 aromatic carbocycles. The molecule has 2 amide bonds. The molecule has 6 N–H and O–H groups in total. The largest absolute Gasteiger partial charge is 0.477 e. The molecule has 0 unspecified atom stereocenters. The Balaban J connectivity index is 1.71. The Kier molecular flexibility index (Phi) is 6.10. The molecular formula is C17H20N4O4S2. The number of carboxylic acid groups (broad SMARTS) is 1. The fraction of sp³-hybridized carbons (Fsp3) is 0.353. The third-order valence-electron chi connectivity index (χ3n) is 4.27. The number of hydrogen-bond acceptors (Lipinski definition) is 7. The Morgan fingerprint density at radius 1 is 1.37 bits per heavy atom. The lowest BCUT2D eigenvalue weighted by Crippen LogP contribution is -2.71. The summed E-state index contributed by atoms with van der Waals surface area (Å²) in [5.74, 6) is -1.03. The van der Waals surface area contributed by atoms with Crippen LogP contribution >= 0.6 is 23.5 Å². The van der Waals surface area contributed by atoms with Crippen molar-refractivity contribution in [1.82, 2.24) is 10.2 Å². The summed E-state index contributed by atoms with van der Waals surface area (Å²) in [5, 5.41) is 11.8. The smallest absolute Gasteiger partial charge is 0.353 e. The van der Waals surface area contributed by atoms with Crippen molar-refractivity contribution >= 4 is 41.3 Å². The van der Waals surface area contributed by atoms with E-state index in [2.05, 4.69) is 5.32 Å². The minimum absolute atomic E-state index is 0.0138. The van der Waals surface area contributed by atoms with Gasteiger partial charge in [0.05, 0.1) is 0 Å². The molecule has 0 aromatic heterocycles. The first-order valence-electron chi connectivity index (χ1n) is 8.30. The van der Waals surface area contributed by atoms with Gasteiger partial charge in [-0.15, -0.1) is 23.5 Å². The van der Waals surface area contributed by atoms with E-state index in [9.17, 15) is 19.5 Å². The fourth-order valence-electron chi connectivity index (χ4n) is 2.94. The number of carboxylic acids is 1. The van der Waals surface area contributed by atoms with Gasteiger partial charge in [0, 0.05) is 23.0 Å². The van der Waals surface area contributed by atoms with E-state index in [1.807, 2.05) is 6.07 Å². The molecule has 2 aliphatic heterocycles. The zero-order valence-electron chi connectivity index (χ0n) is 14.3. The zero-order valence-corrected chi connectivity index (χ0v) is 16.0. The average molecular weight is 409 g/mol. The molecule has 2 heterocycles. The number of hydrogen-bond donors (Lipinski definition) is 4. The van der Waals surface area contributed by atoms with Crippen LogP contribution < -0.4 is 16.8 Å². The monoisotopic (exact) mass is 408 g/mol. The number of carbonyl (C=O) groups excluding carboxylic acids is 2. The highest BCUT2D eigenvalue weighted by atomic mass is 32.2.